The number of amides is 2. The van der Waals surface area contributed by atoms with Gasteiger partial charge in [-0.3, -0.25) is 14.5 Å². The zero-order valence-electron chi connectivity index (χ0n) is 15.0. The third kappa shape index (κ3) is 4.93. The SMILES string of the molecule is CC1c2cc(F)ccc2CCN1CC(=O)NCC(=O)Nc1ccccc1Br. The summed E-state index contributed by atoms with van der Waals surface area (Å²) in [6.07, 6.45) is 0.774. The lowest BCUT2D eigenvalue weighted by Crippen LogP contribution is -2.43. The molecule has 2 aromatic rings. The fourth-order valence-electron chi connectivity index (χ4n) is 3.23. The number of nitrogens with zero attached hydrogens (tertiary/aromatic N) is 1. The summed E-state index contributed by atoms with van der Waals surface area (Å²) in [5.74, 6) is -0.797. The maximum absolute atomic E-state index is 13.5. The van der Waals surface area contributed by atoms with E-state index in [1.54, 1.807) is 6.07 Å². The highest BCUT2D eigenvalue weighted by molar-refractivity contribution is 9.10. The molecule has 1 atom stereocenters. The van der Waals surface area contributed by atoms with Crippen LogP contribution in [0.2, 0.25) is 0 Å². The lowest BCUT2D eigenvalue weighted by Gasteiger charge is -2.34. The van der Waals surface area contributed by atoms with Crippen molar-refractivity contribution in [3.63, 3.8) is 0 Å². The molecular formula is C20H21BrFN3O2. The Bertz CT molecular complexity index is 859. The molecule has 0 bridgehead atoms. The molecule has 7 heteroatoms. The van der Waals surface area contributed by atoms with Crippen molar-refractivity contribution < 1.29 is 14.0 Å². The number of para-hydroxylation sites is 1. The Kier molecular flexibility index (Phi) is 6.23. The van der Waals surface area contributed by atoms with Crippen LogP contribution < -0.4 is 10.6 Å². The minimum atomic E-state index is -0.297. The van der Waals surface area contributed by atoms with E-state index in [2.05, 4.69) is 26.6 Å². The average Bonchev–Trinajstić information content (AvgIpc) is 2.65. The molecule has 2 N–H and O–H groups in total. The Labute approximate surface area is 166 Å². The van der Waals surface area contributed by atoms with Crippen LogP contribution in [0.3, 0.4) is 0 Å². The van der Waals surface area contributed by atoms with Crippen molar-refractivity contribution in [2.75, 3.05) is 25.0 Å². The number of anilines is 1. The minimum Gasteiger partial charge on any atom is -0.346 e. The number of hydrogen-bond acceptors (Lipinski definition) is 3. The Morgan fingerprint density at radius 2 is 2.00 bits per heavy atom. The number of fused-ring (bicyclic) bond motifs is 1. The van der Waals surface area contributed by atoms with E-state index >= 15 is 0 Å². The molecule has 1 aliphatic rings. The Balaban J connectivity index is 1.51. The summed E-state index contributed by atoms with van der Waals surface area (Å²) in [6.45, 7) is 2.74. The van der Waals surface area contributed by atoms with Crippen molar-refractivity contribution in [2.24, 2.45) is 0 Å². The standard InChI is InChI=1S/C20H21BrFN3O2/c1-13-16-10-15(22)7-6-14(16)8-9-25(13)12-20(27)23-11-19(26)24-18-5-3-2-4-17(18)21/h2-7,10,13H,8-9,11-12H2,1H3,(H,23,27)(H,24,26). The maximum atomic E-state index is 13.5. The third-order valence-corrected chi connectivity index (χ3v) is 5.41. The molecular weight excluding hydrogens is 413 g/mol. The zero-order chi connectivity index (χ0) is 19.4. The van der Waals surface area contributed by atoms with E-state index in [1.807, 2.05) is 36.1 Å². The van der Waals surface area contributed by atoms with Crippen LogP contribution in [-0.4, -0.2) is 36.3 Å². The van der Waals surface area contributed by atoms with Gasteiger partial charge in [0.15, 0.2) is 0 Å². The Morgan fingerprint density at radius 1 is 1.22 bits per heavy atom. The van der Waals surface area contributed by atoms with Gasteiger partial charge >= 0.3 is 0 Å². The molecule has 0 fully saturated rings. The van der Waals surface area contributed by atoms with Gasteiger partial charge in [-0.1, -0.05) is 18.2 Å². The molecule has 5 nitrogen and oxygen atoms in total. The van der Waals surface area contributed by atoms with Crippen molar-refractivity contribution in [2.45, 2.75) is 19.4 Å². The topological polar surface area (TPSA) is 61.4 Å². The number of hydrogen-bond donors (Lipinski definition) is 2. The maximum Gasteiger partial charge on any atom is 0.243 e. The van der Waals surface area contributed by atoms with E-state index in [4.69, 9.17) is 0 Å². The first-order valence-corrected chi connectivity index (χ1v) is 9.57. The smallest absolute Gasteiger partial charge is 0.243 e. The van der Waals surface area contributed by atoms with Gasteiger partial charge in [-0.2, -0.15) is 0 Å². The number of halogens is 2. The van der Waals surface area contributed by atoms with Gasteiger partial charge in [0.2, 0.25) is 11.8 Å². The predicted octanol–water partition coefficient (Wildman–Crippen LogP) is 3.26. The summed E-state index contributed by atoms with van der Waals surface area (Å²) in [6, 6.07) is 12.0. The van der Waals surface area contributed by atoms with E-state index < -0.39 is 0 Å². The molecule has 0 saturated carbocycles. The zero-order valence-corrected chi connectivity index (χ0v) is 16.6. The second kappa shape index (κ2) is 8.63. The molecule has 0 aliphatic carbocycles. The van der Waals surface area contributed by atoms with Crippen LogP contribution in [0, 0.1) is 5.82 Å². The number of rotatable bonds is 5. The van der Waals surface area contributed by atoms with Crippen LogP contribution in [0.1, 0.15) is 24.1 Å². The molecule has 0 spiro atoms. The van der Waals surface area contributed by atoms with Crippen LogP contribution in [0.15, 0.2) is 46.9 Å². The predicted molar refractivity (Wildman–Crippen MR) is 106 cm³/mol. The molecule has 0 aromatic heterocycles. The van der Waals surface area contributed by atoms with Crippen LogP contribution in [0.4, 0.5) is 10.1 Å². The lowest BCUT2D eigenvalue weighted by molar-refractivity contribution is -0.125. The van der Waals surface area contributed by atoms with Gasteiger partial charge in [-0.25, -0.2) is 4.39 Å². The Hall–Kier alpha value is -2.25. The van der Waals surface area contributed by atoms with Crippen LogP contribution >= 0.6 is 15.9 Å². The molecule has 2 amide bonds. The van der Waals surface area contributed by atoms with E-state index in [0.717, 1.165) is 28.6 Å². The average molecular weight is 434 g/mol. The minimum absolute atomic E-state index is 0.0516. The number of carbonyl (C=O) groups excluding carboxylic acids is 2. The van der Waals surface area contributed by atoms with Crippen molar-refractivity contribution in [1.82, 2.24) is 10.2 Å². The highest BCUT2D eigenvalue weighted by atomic mass is 79.9. The molecule has 1 unspecified atom stereocenters. The van der Waals surface area contributed by atoms with Crippen molar-refractivity contribution in [3.8, 4) is 0 Å². The molecule has 142 valence electrons. The monoisotopic (exact) mass is 433 g/mol. The first kappa shape index (κ1) is 19.5. The molecule has 3 rings (SSSR count). The quantitative estimate of drug-likeness (QED) is 0.760. The van der Waals surface area contributed by atoms with E-state index in [1.165, 1.54) is 12.1 Å². The van der Waals surface area contributed by atoms with Gasteiger partial charge in [-0.05, 0) is 64.7 Å². The van der Waals surface area contributed by atoms with Gasteiger partial charge in [0.1, 0.15) is 5.82 Å². The fraction of sp³-hybridized carbons (Fsp3) is 0.300. The van der Waals surface area contributed by atoms with Crippen LogP contribution in [0.5, 0.6) is 0 Å². The first-order chi connectivity index (χ1) is 12.9. The highest BCUT2D eigenvalue weighted by Gasteiger charge is 2.25. The summed E-state index contributed by atoms with van der Waals surface area (Å²) < 4.78 is 14.3. The largest absolute Gasteiger partial charge is 0.346 e. The molecule has 27 heavy (non-hydrogen) atoms. The van der Waals surface area contributed by atoms with Gasteiger partial charge < -0.3 is 10.6 Å². The lowest BCUT2D eigenvalue weighted by atomic mass is 9.93. The summed E-state index contributed by atoms with van der Waals surface area (Å²) in [5.41, 5.74) is 2.69. The van der Waals surface area contributed by atoms with E-state index in [9.17, 15) is 14.0 Å². The van der Waals surface area contributed by atoms with E-state index in [0.29, 0.717) is 5.69 Å². The summed E-state index contributed by atoms with van der Waals surface area (Å²) in [5, 5.41) is 5.38. The first-order valence-electron chi connectivity index (χ1n) is 8.77. The molecule has 2 aromatic carbocycles. The summed E-state index contributed by atoms with van der Waals surface area (Å²) >= 11 is 3.36. The Morgan fingerprint density at radius 3 is 2.78 bits per heavy atom. The number of carbonyl (C=O) groups is 2. The molecule has 1 heterocycles. The van der Waals surface area contributed by atoms with Gasteiger partial charge in [0.25, 0.3) is 0 Å². The normalized spacial score (nSPS) is 16.5. The second-order valence-corrected chi connectivity index (χ2v) is 7.40. The summed E-state index contributed by atoms with van der Waals surface area (Å²) in [7, 11) is 0. The van der Waals surface area contributed by atoms with Crippen molar-refractivity contribution >= 4 is 33.4 Å². The van der Waals surface area contributed by atoms with Gasteiger partial charge in [0.05, 0.1) is 18.8 Å². The number of benzene rings is 2. The molecule has 0 saturated heterocycles. The van der Waals surface area contributed by atoms with Gasteiger partial charge in [-0.15, -0.1) is 0 Å². The summed E-state index contributed by atoms with van der Waals surface area (Å²) in [4.78, 5) is 26.3. The van der Waals surface area contributed by atoms with Crippen LogP contribution in [0.25, 0.3) is 0 Å². The third-order valence-electron chi connectivity index (χ3n) is 4.71. The number of nitrogens with one attached hydrogen (secondary N) is 2. The molecule has 1 aliphatic heterocycles. The van der Waals surface area contributed by atoms with Crippen molar-refractivity contribution in [1.29, 1.82) is 0 Å². The second-order valence-electron chi connectivity index (χ2n) is 6.54. The van der Waals surface area contributed by atoms with Crippen molar-refractivity contribution in [3.05, 3.63) is 63.9 Å². The highest BCUT2D eigenvalue weighted by Crippen LogP contribution is 2.29. The van der Waals surface area contributed by atoms with Crippen LogP contribution in [-0.2, 0) is 16.0 Å². The van der Waals surface area contributed by atoms with E-state index in [-0.39, 0.29) is 36.8 Å². The molecule has 0 radical (unpaired) electrons. The van der Waals surface area contributed by atoms with Gasteiger partial charge in [0, 0.05) is 17.1 Å². The fourth-order valence-corrected chi connectivity index (χ4v) is 3.61.